The van der Waals surface area contributed by atoms with Gasteiger partial charge in [-0.25, -0.2) is 9.69 Å². The number of ether oxygens (including phenoxy) is 2. The third-order valence-electron chi connectivity index (χ3n) is 6.54. The maximum atomic E-state index is 13.6. The van der Waals surface area contributed by atoms with E-state index >= 15 is 0 Å². The van der Waals surface area contributed by atoms with Gasteiger partial charge in [-0.05, 0) is 47.6 Å². The molecule has 35 heavy (non-hydrogen) atoms. The largest absolute Gasteiger partial charge is 0.494 e. The van der Waals surface area contributed by atoms with E-state index in [2.05, 4.69) is 13.8 Å². The van der Waals surface area contributed by atoms with Crippen molar-refractivity contribution in [3.63, 3.8) is 0 Å². The fourth-order valence-corrected chi connectivity index (χ4v) is 4.60. The summed E-state index contributed by atoms with van der Waals surface area (Å²) in [5.74, 6) is 0.553. The zero-order valence-corrected chi connectivity index (χ0v) is 20.4. The molecule has 0 bridgehead atoms. The van der Waals surface area contributed by atoms with Crippen LogP contribution in [0.25, 0.3) is 0 Å². The number of nitrogens with zero attached hydrogens (tertiary/aromatic N) is 1. The Morgan fingerprint density at radius 2 is 1.63 bits per heavy atom. The zero-order chi connectivity index (χ0) is 24.6. The van der Waals surface area contributed by atoms with Crippen LogP contribution in [0.1, 0.15) is 74.3 Å². The van der Waals surface area contributed by atoms with Crippen LogP contribution >= 0.6 is 0 Å². The Labute approximate surface area is 207 Å². The molecule has 0 N–H and O–H groups in total. The summed E-state index contributed by atoms with van der Waals surface area (Å²) in [7, 11) is 0. The van der Waals surface area contributed by atoms with Gasteiger partial charge in [0.2, 0.25) is 5.91 Å². The number of hydrogen-bond acceptors (Lipinski definition) is 4. The van der Waals surface area contributed by atoms with E-state index in [9.17, 15) is 9.59 Å². The fraction of sp³-hybridized carbons (Fsp3) is 0.333. The van der Waals surface area contributed by atoms with E-state index in [4.69, 9.17) is 9.47 Å². The van der Waals surface area contributed by atoms with E-state index in [1.165, 1.54) is 4.90 Å². The SMILES string of the molecule is CCCCOc1cccc([C@H](CC)CC(=O)N2C(=O)O[C@H](c3ccccc3)[C@@H]2c2ccccc2)c1. The number of cyclic esters (lactones) is 1. The van der Waals surface area contributed by atoms with E-state index in [0.29, 0.717) is 6.61 Å². The van der Waals surface area contributed by atoms with Crippen molar-refractivity contribution in [3.8, 4) is 5.75 Å². The Hall–Kier alpha value is -3.60. The van der Waals surface area contributed by atoms with Gasteiger partial charge in [-0.3, -0.25) is 4.79 Å². The lowest BCUT2D eigenvalue weighted by molar-refractivity contribution is -0.129. The van der Waals surface area contributed by atoms with Crippen LogP contribution in [-0.2, 0) is 9.53 Å². The van der Waals surface area contributed by atoms with E-state index in [1.54, 1.807) is 0 Å². The van der Waals surface area contributed by atoms with Crippen LogP contribution in [0.3, 0.4) is 0 Å². The standard InChI is InChI=1S/C30H33NO4/c1-3-5-19-34-26-18-12-17-25(20-26)22(4-2)21-27(32)31-28(23-13-8-6-9-14-23)29(35-30(31)33)24-15-10-7-11-16-24/h6-18,20,22,28-29H,3-5,19,21H2,1-2H3/t22-,28+,29-/m1/s1. The molecule has 182 valence electrons. The van der Waals surface area contributed by atoms with Gasteiger partial charge in [0, 0.05) is 6.42 Å². The molecule has 0 aromatic heterocycles. The topological polar surface area (TPSA) is 55.8 Å². The minimum atomic E-state index is -0.593. The second-order valence-corrected chi connectivity index (χ2v) is 8.92. The molecule has 1 saturated heterocycles. The van der Waals surface area contributed by atoms with Crippen molar-refractivity contribution in [3.05, 3.63) is 102 Å². The lowest BCUT2D eigenvalue weighted by atomic mass is 9.91. The molecule has 1 aliphatic rings. The summed E-state index contributed by atoms with van der Waals surface area (Å²) < 4.78 is 11.7. The second-order valence-electron chi connectivity index (χ2n) is 8.92. The first-order valence-electron chi connectivity index (χ1n) is 12.5. The molecular formula is C30H33NO4. The Kier molecular flexibility index (Phi) is 8.19. The number of amides is 2. The highest BCUT2D eigenvalue weighted by atomic mass is 16.6. The molecule has 0 aliphatic carbocycles. The van der Waals surface area contributed by atoms with Crippen molar-refractivity contribution >= 4 is 12.0 Å². The van der Waals surface area contributed by atoms with E-state index < -0.39 is 18.2 Å². The molecule has 0 radical (unpaired) electrons. The monoisotopic (exact) mass is 471 g/mol. The van der Waals surface area contributed by atoms with E-state index in [-0.39, 0.29) is 18.2 Å². The summed E-state index contributed by atoms with van der Waals surface area (Å²) in [6.07, 6.45) is 1.92. The molecule has 1 fully saturated rings. The molecule has 0 spiro atoms. The predicted molar refractivity (Wildman–Crippen MR) is 136 cm³/mol. The lowest BCUT2D eigenvalue weighted by Gasteiger charge is -2.25. The minimum Gasteiger partial charge on any atom is -0.494 e. The average Bonchev–Trinajstić information content (AvgIpc) is 3.25. The molecule has 3 aromatic rings. The van der Waals surface area contributed by atoms with Crippen LogP contribution < -0.4 is 4.74 Å². The van der Waals surface area contributed by atoms with E-state index in [0.717, 1.165) is 41.7 Å². The third kappa shape index (κ3) is 5.73. The summed E-state index contributed by atoms with van der Waals surface area (Å²) in [5, 5.41) is 0. The molecule has 5 nitrogen and oxygen atoms in total. The number of unbranched alkanes of at least 4 members (excludes halogenated alkanes) is 1. The maximum Gasteiger partial charge on any atom is 0.417 e. The van der Waals surface area contributed by atoms with Crippen LogP contribution in [0, 0.1) is 0 Å². The molecule has 3 atom stereocenters. The number of carbonyl (C=O) groups is 2. The summed E-state index contributed by atoms with van der Waals surface area (Å²) in [6, 6.07) is 26.7. The van der Waals surface area contributed by atoms with Crippen LogP contribution in [0.4, 0.5) is 4.79 Å². The molecule has 3 aromatic carbocycles. The van der Waals surface area contributed by atoms with Crippen molar-refractivity contribution in [2.45, 2.75) is 57.6 Å². The van der Waals surface area contributed by atoms with Crippen LogP contribution in [-0.4, -0.2) is 23.5 Å². The third-order valence-corrected chi connectivity index (χ3v) is 6.54. The van der Waals surface area contributed by atoms with Gasteiger partial charge in [0.1, 0.15) is 11.8 Å². The van der Waals surface area contributed by atoms with Crippen molar-refractivity contribution in [2.75, 3.05) is 6.61 Å². The van der Waals surface area contributed by atoms with Gasteiger partial charge in [0.25, 0.3) is 0 Å². The first kappa shape index (κ1) is 24.5. The van der Waals surface area contributed by atoms with Crippen molar-refractivity contribution in [1.82, 2.24) is 4.90 Å². The molecule has 0 unspecified atom stereocenters. The number of benzene rings is 3. The summed E-state index contributed by atoms with van der Waals surface area (Å²) in [4.78, 5) is 28.0. The predicted octanol–water partition coefficient (Wildman–Crippen LogP) is 7.21. The van der Waals surface area contributed by atoms with E-state index in [1.807, 2.05) is 84.9 Å². The maximum absolute atomic E-state index is 13.6. The van der Waals surface area contributed by atoms with Gasteiger partial charge in [0.05, 0.1) is 6.61 Å². The highest BCUT2D eigenvalue weighted by Crippen LogP contribution is 2.44. The van der Waals surface area contributed by atoms with Gasteiger partial charge in [-0.15, -0.1) is 0 Å². The quantitative estimate of drug-likeness (QED) is 0.293. The van der Waals surface area contributed by atoms with Crippen molar-refractivity contribution in [2.24, 2.45) is 0 Å². The fourth-order valence-electron chi connectivity index (χ4n) is 4.60. The molecule has 4 rings (SSSR count). The first-order valence-corrected chi connectivity index (χ1v) is 12.5. The summed E-state index contributed by atoms with van der Waals surface area (Å²) in [6.45, 7) is 4.87. The van der Waals surface area contributed by atoms with Gasteiger partial charge in [-0.2, -0.15) is 0 Å². The minimum absolute atomic E-state index is 0.0303. The Morgan fingerprint density at radius 3 is 2.29 bits per heavy atom. The number of rotatable bonds is 10. The highest BCUT2D eigenvalue weighted by Gasteiger charge is 2.47. The normalized spacial score (nSPS) is 18.2. The van der Waals surface area contributed by atoms with Gasteiger partial charge in [-0.1, -0.05) is 93.1 Å². The number of carbonyl (C=O) groups excluding carboxylic acids is 2. The second kappa shape index (κ2) is 11.7. The molecule has 5 heteroatoms. The Balaban J connectivity index is 1.58. The summed E-state index contributed by atoms with van der Waals surface area (Å²) in [5.41, 5.74) is 2.78. The smallest absolute Gasteiger partial charge is 0.417 e. The highest BCUT2D eigenvalue weighted by molar-refractivity contribution is 5.94. The van der Waals surface area contributed by atoms with Crippen LogP contribution in [0.5, 0.6) is 5.75 Å². The van der Waals surface area contributed by atoms with Crippen LogP contribution in [0.2, 0.25) is 0 Å². The average molecular weight is 472 g/mol. The van der Waals surface area contributed by atoms with Crippen LogP contribution in [0.15, 0.2) is 84.9 Å². The van der Waals surface area contributed by atoms with Crippen molar-refractivity contribution in [1.29, 1.82) is 0 Å². The Bertz CT molecular complexity index is 1120. The summed E-state index contributed by atoms with van der Waals surface area (Å²) >= 11 is 0. The molecule has 1 heterocycles. The molecule has 1 aliphatic heterocycles. The molecule has 0 saturated carbocycles. The number of hydrogen-bond donors (Lipinski definition) is 0. The Morgan fingerprint density at radius 1 is 0.943 bits per heavy atom. The van der Waals surface area contributed by atoms with Gasteiger partial charge < -0.3 is 9.47 Å². The number of imide groups is 1. The van der Waals surface area contributed by atoms with Gasteiger partial charge >= 0.3 is 6.09 Å². The van der Waals surface area contributed by atoms with Gasteiger partial charge in [0.15, 0.2) is 6.10 Å². The first-order chi connectivity index (χ1) is 17.1. The molecular weight excluding hydrogens is 438 g/mol. The lowest BCUT2D eigenvalue weighted by Crippen LogP contribution is -2.35. The van der Waals surface area contributed by atoms with Crippen molar-refractivity contribution < 1.29 is 19.1 Å². The molecule has 2 amide bonds. The zero-order valence-electron chi connectivity index (χ0n) is 20.4.